The molecule has 1 atom stereocenters. The first-order valence-electron chi connectivity index (χ1n) is 8.11. The molecule has 1 saturated carbocycles. The van der Waals surface area contributed by atoms with E-state index in [0.717, 1.165) is 13.1 Å². The van der Waals surface area contributed by atoms with Crippen molar-refractivity contribution in [3.05, 3.63) is 16.1 Å². The second-order valence-corrected chi connectivity index (χ2v) is 7.54. The minimum Gasteiger partial charge on any atom is -0.308 e. The third kappa shape index (κ3) is 3.07. The van der Waals surface area contributed by atoms with E-state index in [0.29, 0.717) is 11.6 Å². The van der Waals surface area contributed by atoms with Crippen molar-refractivity contribution in [2.45, 2.75) is 70.5 Å². The molecule has 112 valence electrons. The van der Waals surface area contributed by atoms with Crippen LogP contribution in [0.2, 0.25) is 0 Å². The third-order valence-electron chi connectivity index (χ3n) is 4.92. The SMILES string of the molecule is CCCC1CNC2(CCCC2)CN1Cc1nc(C)cs1. The lowest BCUT2D eigenvalue weighted by atomic mass is 9.91. The minimum atomic E-state index is 0.413. The Morgan fingerprint density at radius 1 is 1.45 bits per heavy atom. The number of thiazole rings is 1. The van der Waals surface area contributed by atoms with Crippen LogP contribution in [0.4, 0.5) is 0 Å². The van der Waals surface area contributed by atoms with Crippen LogP contribution in [0.3, 0.4) is 0 Å². The van der Waals surface area contributed by atoms with Crippen LogP contribution in [-0.2, 0) is 6.54 Å². The highest BCUT2D eigenvalue weighted by Gasteiger charge is 2.40. The van der Waals surface area contributed by atoms with Gasteiger partial charge in [0.05, 0.1) is 6.54 Å². The van der Waals surface area contributed by atoms with Gasteiger partial charge in [-0.3, -0.25) is 4.90 Å². The van der Waals surface area contributed by atoms with E-state index >= 15 is 0 Å². The summed E-state index contributed by atoms with van der Waals surface area (Å²) in [5.41, 5.74) is 1.58. The Morgan fingerprint density at radius 2 is 2.25 bits per heavy atom. The van der Waals surface area contributed by atoms with Crippen molar-refractivity contribution in [3.8, 4) is 0 Å². The van der Waals surface area contributed by atoms with Crippen LogP contribution in [-0.4, -0.2) is 34.6 Å². The number of nitrogens with zero attached hydrogens (tertiary/aromatic N) is 2. The highest BCUT2D eigenvalue weighted by atomic mass is 32.1. The van der Waals surface area contributed by atoms with Gasteiger partial charge in [0.25, 0.3) is 0 Å². The minimum absolute atomic E-state index is 0.413. The van der Waals surface area contributed by atoms with E-state index in [1.165, 1.54) is 55.8 Å². The quantitative estimate of drug-likeness (QED) is 0.923. The maximum atomic E-state index is 4.67. The molecule has 2 heterocycles. The summed E-state index contributed by atoms with van der Waals surface area (Å²) < 4.78 is 0. The molecular formula is C16H27N3S. The van der Waals surface area contributed by atoms with Gasteiger partial charge < -0.3 is 5.32 Å². The lowest BCUT2D eigenvalue weighted by molar-refractivity contribution is 0.0689. The monoisotopic (exact) mass is 293 g/mol. The average Bonchev–Trinajstić information content (AvgIpc) is 3.04. The fourth-order valence-corrected chi connectivity index (χ4v) is 4.67. The molecule has 1 spiro atoms. The number of rotatable bonds is 4. The molecular weight excluding hydrogens is 266 g/mol. The Bertz CT molecular complexity index is 437. The number of hydrogen-bond acceptors (Lipinski definition) is 4. The zero-order chi connectivity index (χ0) is 14.0. The molecule has 1 unspecified atom stereocenters. The van der Waals surface area contributed by atoms with Crippen LogP contribution >= 0.6 is 11.3 Å². The molecule has 1 aromatic rings. The van der Waals surface area contributed by atoms with Gasteiger partial charge in [-0.05, 0) is 26.2 Å². The molecule has 0 amide bonds. The predicted octanol–water partition coefficient (Wildman–Crippen LogP) is 3.34. The summed E-state index contributed by atoms with van der Waals surface area (Å²) in [5, 5.41) is 7.36. The van der Waals surface area contributed by atoms with Crippen LogP contribution in [0.1, 0.15) is 56.2 Å². The van der Waals surface area contributed by atoms with E-state index in [1.54, 1.807) is 0 Å². The lowest BCUT2D eigenvalue weighted by Crippen LogP contribution is -2.62. The largest absolute Gasteiger partial charge is 0.308 e. The van der Waals surface area contributed by atoms with Crippen LogP contribution < -0.4 is 5.32 Å². The molecule has 0 aromatic carbocycles. The van der Waals surface area contributed by atoms with Crippen LogP contribution in [0, 0.1) is 6.92 Å². The molecule has 1 N–H and O–H groups in total. The van der Waals surface area contributed by atoms with E-state index < -0.39 is 0 Å². The van der Waals surface area contributed by atoms with Gasteiger partial charge in [-0.15, -0.1) is 11.3 Å². The predicted molar refractivity (Wildman–Crippen MR) is 85.2 cm³/mol. The summed E-state index contributed by atoms with van der Waals surface area (Å²) in [6.45, 7) is 7.83. The molecule has 20 heavy (non-hydrogen) atoms. The zero-order valence-electron chi connectivity index (χ0n) is 12.8. The fourth-order valence-electron chi connectivity index (χ4n) is 3.88. The van der Waals surface area contributed by atoms with Crippen LogP contribution in [0.5, 0.6) is 0 Å². The molecule has 2 fully saturated rings. The Kier molecular flexibility index (Phi) is 4.43. The van der Waals surface area contributed by atoms with Gasteiger partial charge in [-0.25, -0.2) is 4.98 Å². The van der Waals surface area contributed by atoms with Gasteiger partial charge in [-0.1, -0.05) is 26.2 Å². The van der Waals surface area contributed by atoms with Crippen molar-refractivity contribution in [2.75, 3.05) is 13.1 Å². The topological polar surface area (TPSA) is 28.2 Å². The summed E-state index contributed by atoms with van der Waals surface area (Å²) in [6.07, 6.45) is 8.09. The van der Waals surface area contributed by atoms with E-state index in [2.05, 4.69) is 34.4 Å². The zero-order valence-corrected chi connectivity index (χ0v) is 13.6. The Morgan fingerprint density at radius 3 is 2.90 bits per heavy atom. The highest BCUT2D eigenvalue weighted by molar-refractivity contribution is 7.09. The highest BCUT2D eigenvalue weighted by Crippen LogP contribution is 2.34. The summed E-state index contributed by atoms with van der Waals surface area (Å²) >= 11 is 1.82. The molecule has 2 aliphatic rings. The average molecular weight is 293 g/mol. The molecule has 1 aliphatic carbocycles. The molecule has 0 bridgehead atoms. The smallest absolute Gasteiger partial charge is 0.107 e. The number of hydrogen-bond donors (Lipinski definition) is 1. The molecule has 1 saturated heterocycles. The summed E-state index contributed by atoms with van der Waals surface area (Å²) in [4.78, 5) is 7.38. The third-order valence-corrected chi connectivity index (χ3v) is 5.87. The molecule has 3 rings (SSSR count). The summed E-state index contributed by atoms with van der Waals surface area (Å²) in [6, 6.07) is 0.690. The van der Waals surface area contributed by atoms with Crippen molar-refractivity contribution in [1.82, 2.24) is 15.2 Å². The van der Waals surface area contributed by atoms with Gasteiger partial charge in [0, 0.05) is 35.7 Å². The number of nitrogens with one attached hydrogen (secondary N) is 1. The Hall–Kier alpha value is -0.450. The van der Waals surface area contributed by atoms with Gasteiger partial charge in [-0.2, -0.15) is 0 Å². The van der Waals surface area contributed by atoms with Gasteiger partial charge >= 0.3 is 0 Å². The molecule has 1 aromatic heterocycles. The standard InChI is InChI=1S/C16H27N3S/c1-3-6-14-9-17-16(7-4-5-8-16)12-19(14)10-15-18-13(2)11-20-15/h11,14,17H,3-10,12H2,1-2H3. The normalized spacial score (nSPS) is 26.4. The van der Waals surface area contributed by atoms with E-state index in [4.69, 9.17) is 0 Å². The Balaban J connectivity index is 1.71. The molecule has 0 radical (unpaired) electrons. The maximum absolute atomic E-state index is 4.67. The Labute approximate surface area is 126 Å². The summed E-state index contributed by atoms with van der Waals surface area (Å²) in [5.74, 6) is 0. The fraction of sp³-hybridized carbons (Fsp3) is 0.812. The van der Waals surface area contributed by atoms with Crippen molar-refractivity contribution < 1.29 is 0 Å². The van der Waals surface area contributed by atoms with E-state index in [1.807, 2.05) is 11.3 Å². The maximum Gasteiger partial charge on any atom is 0.107 e. The first-order chi connectivity index (χ1) is 9.71. The van der Waals surface area contributed by atoms with E-state index in [-0.39, 0.29) is 0 Å². The number of aromatic nitrogens is 1. The van der Waals surface area contributed by atoms with Crippen LogP contribution in [0.15, 0.2) is 5.38 Å². The lowest BCUT2D eigenvalue weighted by Gasteiger charge is -2.46. The summed E-state index contributed by atoms with van der Waals surface area (Å²) in [7, 11) is 0. The second kappa shape index (κ2) is 6.12. The van der Waals surface area contributed by atoms with Crippen molar-refractivity contribution in [1.29, 1.82) is 0 Å². The first-order valence-corrected chi connectivity index (χ1v) is 8.99. The number of piperazine rings is 1. The van der Waals surface area contributed by atoms with Crippen molar-refractivity contribution >= 4 is 11.3 Å². The molecule has 3 nitrogen and oxygen atoms in total. The van der Waals surface area contributed by atoms with Crippen molar-refractivity contribution in [2.24, 2.45) is 0 Å². The second-order valence-electron chi connectivity index (χ2n) is 6.60. The van der Waals surface area contributed by atoms with Gasteiger partial charge in [0.1, 0.15) is 5.01 Å². The van der Waals surface area contributed by atoms with Gasteiger partial charge in [0.2, 0.25) is 0 Å². The van der Waals surface area contributed by atoms with Gasteiger partial charge in [0.15, 0.2) is 0 Å². The molecule has 1 aliphatic heterocycles. The van der Waals surface area contributed by atoms with Crippen LogP contribution in [0.25, 0.3) is 0 Å². The molecule has 4 heteroatoms. The number of aryl methyl sites for hydroxylation is 1. The van der Waals surface area contributed by atoms with Crippen molar-refractivity contribution in [3.63, 3.8) is 0 Å². The van der Waals surface area contributed by atoms with E-state index in [9.17, 15) is 0 Å². The first kappa shape index (κ1) is 14.5.